The summed E-state index contributed by atoms with van der Waals surface area (Å²) in [5, 5.41) is 16.9. The zero-order valence-corrected chi connectivity index (χ0v) is 34.5. The number of carboxylic acid groups (broad SMARTS) is 1. The number of hydrogen-bond acceptors (Lipinski definition) is 12. The van der Waals surface area contributed by atoms with Gasteiger partial charge < -0.3 is 30.9 Å². The molecular formula is C42H41Cl2F2N9O5. The Balaban J connectivity index is 0.000000181. The second-order valence-electron chi connectivity index (χ2n) is 14.7. The SMILES string of the molecule is COc1cc2ncnc(Nc3cccc(Cl)c3F)c2cc1CN(C)C1(C(=O)O)CC1.COc1cc2ncnc(Nc3cccc(Cl)c3F)c2cc1CN(C)C1(C(N)=O)CC1. The molecular weight excluding hydrogens is 819 g/mol. The van der Waals surface area contributed by atoms with Crippen molar-refractivity contribution in [3.8, 4) is 11.5 Å². The minimum Gasteiger partial charge on any atom is -0.496 e. The standard InChI is InChI=1S/C21H21ClFN5O2.C21H20ClFN4O3/c1-28(21(6-7-21)20(24)29)10-12-8-13-16(9-17(12)30-2)25-11-26-19(13)27-15-5-3-4-14(22)18(15)23;1-27(21(6-7-21)20(28)29)10-12-8-13-16(9-17(12)30-2)24-11-25-19(13)26-15-5-3-4-14(22)18(15)23/h3-5,8-9,11H,6-7,10H2,1-2H3,(H2,24,29)(H,25,26,27);3-5,8-9,11H,6-7,10H2,1-2H3,(H,28,29)(H,24,25,26). The average molecular weight is 861 g/mol. The van der Waals surface area contributed by atoms with Crippen molar-refractivity contribution in [3.05, 3.63) is 106 Å². The van der Waals surface area contributed by atoms with Crippen LogP contribution in [0.5, 0.6) is 11.5 Å². The third-order valence-electron chi connectivity index (χ3n) is 11.1. The topological polar surface area (TPSA) is 181 Å². The third kappa shape index (κ3) is 8.28. The maximum absolute atomic E-state index is 14.4. The number of likely N-dealkylation sites (N-methyl/N-ethyl adjacent to an activating group) is 2. The Morgan fingerprint density at radius 2 is 1.15 bits per heavy atom. The molecule has 0 unspecified atom stereocenters. The number of rotatable bonds is 14. The number of carboxylic acids is 1. The quantitative estimate of drug-likeness (QED) is 0.0833. The van der Waals surface area contributed by atoms with E-state index >= 15 is 0 Å². The summed E-state index contributed by atoms with van der Waals surface area (Å²) in [5.74, 6) is -0.218. The number of benzene rings is 4. The van der Waals surface area contributed by atoms with E-state index < -0.39 is 28.7 Å². The number of amides is 1. The second kappa shape index (κ2) is 17.0. The van der Waals surface area contributed by atoms with Gasteiger partial charge in [-0.2, -0.15) is 0 Å². The summed E-state index contributed by atoms with van der Waals surface area (Å²) in [5.41, 5.74) is 7.42. The van der Waals surface area contributed by atoms with Crippen molar-refractivity contribution in [1.82, 2.24) is 29.7 Å². The lowest BCUT2D eigenvalue weighted by atomic mass is 10.1. The highest BCUT2D eigenvalue weighted by atomic mass is 35.5. The van der Waals surface area contributed by atoms with Gasteiger partial charge in [0.1, 0.15) is 46.9 Å². The second-order valence-corrected chi connectivity index (χ2v) is 15.5. The van der Waals surface area contributed by atoms with Crippen LogP contribution >= 0.6 is 23.2 Å². The van der Waals surface area contributed by atoms with Crippen LogP contribution in [-0.4, -0.2) is 86.1 Å². The van der Waals surface area contributed by atoms with Crippen LogP contribution in [0.25, 0.3) is 21.8 Å². The van der Waals surface area contributed by atoms with Crippen molar-refractivity contribution >= 4 is 79.9 Å². The van der Waals surface area contributed by atoms with Gasteiger partial charge in [0, 0.05) is 47.1 Å². The van der Waals surface area contributed by atoms with Crippen LogP contribution in [0.15, 0.2) is 73.3 Å². The molecule has 2 saturated carbocycles. The number of hydrogen-bond donors (Lipinski definition) is 4. The number of fused-ring (bicyclic) bond motifs is 2. The first-order chi connectivity index (χ1) is 28.7. The highest BCUT2D eigenvalue weighted by Gasteiger charge is 2.54. The molecule has 0 aliphatic heterocycles. The van der Waals surface area contributed by atoms with Crippen molar-refractivity contribution in [3.63, 3.8) is 0 Å². The van der Waals surface area contributed by atoms with Crippen molar-refractivity contribution in [2.45, 2.75) is 49.9 Å². The fourth-order valence-electron chi connectivity index (χ4n) is 7.17. The van der Waals surface area contributed by atoms with E-state index in [1.165, 1.54) is 24.8 Å². The Morgan fingerprint density at radius 3 is 1.52 bits per heavy atom. The van der Waals surface area contributed by atoms with Crippen molar-refractivity contribution in [2.75, 3.05) is 38.9 Å². The molecule has 14 nitrogen and oxygen atoms in total. The predicted molar refractivity (Wildman–Crippen MR) is 225 cm³/mol. The summed E-state index contributed by atoms with van der Waals surface area (Å²) in [6.07, 6.45) is 5.46. The molecule has 6 aromatic rings. The molecule has 18 heteroatoms. The zero-order chi connectivity index (χ0) is 42.9. The van der Waals surface area contributed by atoms with Crippen molar-refractivity contribution in [2.24, 2.45) is 5.73 Å². The molecule has 2 heterocycles. The molecule has 8 rings (SSSR count). The largest absolute Gasteiger partial charge is 0.496 e. The number of nitrogens with two attached hydrogens (primary N) is 1. The summed E-state index contributed by atoms with van der Waals surface area (Å²) in [6, 6.07) is 16.7. The van der Waals surface area contributed by atoms with Gasteiger partial charge in [-0.15, -0.1) is 0 Å². The molecule has 5 N–H and O–H groups in total. The van der Waals surface area contributed by atoms with E-state index in [0.717, 1.165) is 24.0 Å². The van der Waals surface area contributed by atoms with Gasteiger partial charge in [-0.05, 0) is 76.2 Å². The summed E-state index contributed by atoms with van der Waals surface area (Å²) < 4.78 is 39.8. The molecule has 0 spiro atoms. The van der Waals surface area contributed by atoms with Crippen LogP contribution in [0.2, 0.25) is 10.0 Å². The van der Waals surface area contributed by atoms with E-state index in [2.05, 4.69) is 30.6 Å². The maximum Gasteiger partial charge on any atom is 0.324 e. The van der Waals surface area contributed by atoms with Gasteiger partial charge in [0.2, 0.25) is 5.91 Å². The Kier molecular flexibility index (Phi) is 11.9. The van der Waals surface area contributed by atoms with Gasteiger partial charge in [-0.25, -0.2) is 28.7 Å². The molecule has 60 heavy (non-hydrogen) atoms. The van der Waals surface area contributed by atoms with E-state index in [-0.39, 0.29) is 27.3 Å². The van der Waals surface area contributed by atoms with E-state index in [0.29, 0.717) is 70.9 Å². The molecule has 2 aromatic heterocycles. The number of aliphatic carboxylic acids is 1. The number of carbonyl (C=O) groups excluding carboxylic acids is 1. The molecule has 2 fully saturated rings. The van der Waals surface area contributed by atoms with Gasteiger partial charge in [-0.3, -0.25) is 19.4 Å². The Labute approximate surface area is 353 Å². The molecule has 312 valence electrons. The first-order valence-electron chi connectivity index (χ1n) is 18.7. The molecule has 0 bridgehead atoms. The lowest BCUT2D eigenvalue weighted by molar-refractivity contribution is -0.144. The summed E-state index contributed by atoms with van der Waals surface area (Å²) >= 11 is 11.8. The van der Waals surface area contributed by atoms with Gasteiger partial charge in [0.15, 0.2) is 11.6 Å². The van der Waals surface area contributed by atoms with Crippen molar-refractivity contribution < 1.29 is 33.0 Å². The number of carbonyl (C=O) groups is 2. The predicted octanol–water partition coefficient (Wildman–Crippen LogP) is 7.85. The first-order valence-corrected chi connectivity index (χ1v) is 19.5. The monoisotopic (exact) mass is 859 g/mol. The van der Waals surface area contributed by atoms with E-state index in [1.54, 1.807) is 57.7 Å². The Bertz CT molecular complexity index is 2450. The fourth-order valence-corrected chi connectivity index (χ4v) is 7.51. The molecule has 1 amide bonds. The molecule has 0 radical (unpaired) electrons. The highest BCUT2D eigenvalue weighted by Crippen LogP contribution is 2.44. The Hall–Kier alpha value is -5.94. The number of nitrogens with zero attached hydrogens (tertiary/aromatic N) is 6. The number of anilines is 4. The lowest BCUT2D eigenvalue weighted by Crippen LogP contribution is -2.44. The average Bonchev–Trinajstić information content (AvgIpc) is 4.17. The minimum atomic E-state index is -0.835. The van der Waals surface area contributed by atoms with Crippen LogP contribution in [0.3, 0.4) is 0 Å². The molecule has 2 aliphatic rings. The first kappa shape index (κ1) is 42.2. The normalized spacial score (nSPS) is 14.7. The maximum atomic E-state index is 14.4. The zero-order valence-electron chi connectivity index (χ0n) is 33.0. The van der Waals surface area contributed by atoms with Crippen LogP contribution < -0.4 is 25.8 Å². The van der Waals surface area contributed by atoms with Gasteiger partial charge in [0.05, 0.1) is 46.7 Å². The van der Waals surface area contributed by atoms with Crippen LogP contribution in [0.4, 0.5) is 31.8 Å². The number of halogens is 4. The summed E-state index contributed by atoms with van der Waals surface area (Å²) in [7, 11) is 6.78. The highest BCUT2D eigenvalue weighted by molar-refractivity contribution is 6.31. The van der Waals surface area contributed by atoms with Crippen LogP contribution in [-0.2, 0) is 22.7 Å². The van der Waals surface area contributed by atoms with E-state index in [9.17, 15) is 23.5 Å². The van der Waals surface area contributed by atoms with Gasteiger partial charge in [-0.1, -0.05) is 35.3 Å². The number of ether oxygens (including phenoxy) is 2. The number of primary amides is 1. The van der Waals surface area contributed by atoms with Crippen molar-refractivity contribution in [1.29, 1.82) is 0 Å². The van der Waals surface area contributed by atoms with Gasteiger partial charge >= 0.3 is 5.97 Å². The molecule has 0 atom stereocenters. The number of nitrogens with one attached hydrogen (secondary N) is 2. The summed E-state index contributed by atoms with van der Waals surface area (Å²) in [6.45, 7) is 0.813. The molecule has 2 aliphatic carbocycles. The number of methoxy groups -OCH3 is 2. The third-order valence-corrected chi connectivity index (χ3v) is 11.6. The summed E-state index contributed by atoms with van der Waals surface area (Å²) in [4.78, 5) is 44.4. The van der Waals surface area contributed by atoms with E-state index in [1.807, 2.05) is 29.0 Å². The van der Waals surface area contributed by atoms with Gasteiger partial charge in [0.25, 0.3) is 0 Å². The van der Waals surface area contributed by atoms with E-state index in [4.69, 9.17) is 38.4 Å². The van der Waals surface area contributed by atoms with Crippen LogP contribution in [0.1, 0.15) is 36.8 Å². The number of aromatic nitrogens is 4. The van der Waals surface area contributed by atoms with Crippen LogP contribution in [0, 0.1) is 11.6 Å². The smallest absolute Gasteiger partial charge is 0.324 e. The fraction of sp³-hybridized carbons (Fsp3) is 0.286. The molecule has 4 aromatic carbocycles. The minimum absolute atomic E-state index is 0.00532. The molecule has 0 saturated heterocycles. The lowest BCUT2D eigenvalue weighted by Gasteiger charge is -2.26. The Morgan fingerprint density at radius 1 is 0.733 bits per heavy atom.